The molecule has 1 aromatic carbocycles. The fourth-order valence-corrected chi connectivity index (χ4v) is 3.02. The summed E-state index contributed by atoms with van der Waals surface area (Å²) in [5.74, 6) is 0.768. The van der Waals surface area contributed by atoms with Gasteiger partial charge in [-0.1, -0.05) is 18.2 Å². The van der Waals surface area contributed by atoms with Crippen molar-refractivity contribution in [3.8, 4) is 5.75 Å². The van der Waals surface area contributed by atoms with Gasteiger partial charge in [-0.05, 0) is 32.3 Å². The maximum Gasteiger partial charge on any atom is 0.262 e. The molecule has 1 amide bonds. The van der Waals surface area contributed by atoms with Crippen molar-refractivity contribution in [3.05, 3.63) is 57.8 Å². The molecule has 0 atom stereocenters. The zero-order chi connectivity index (χ0) is 18.1. The van der Waals surface area contributed by atoms with Crippen LogP contribution in [-0.4, -0.2) is 22.0 Å². The molecule has 1 aliphatic carbocycles. The van der Waals surface area contributed by atoms with Crippen molar-refractivity contribution in [2.75, 3.05) is 0 Å². The Hall–Kier alpha value is -3.09. The number of para-hydroxylation sites is 1. The normalized spacial score (nSPS) is 14.2. The molecule has 1 aliphatic rings. The van der Waals surface area contributed by atoms with Crippen molar-refractivity contribution in [2.24, 2.45) is 0 Å². The van der Waals surface area contributed by atoms with E-state index >= 15 is 0 Å². The van der Waals surface area contributed by atoms with Crippen molar-refractivity contribution >= 4 is 17.0 Å². The van der Waals surface area contributed by atoms with E-state index < -0.39 is 5.56 Å². The van der Waals surface area contributed by atoms with Crippen LogP contribution in [-0.2, 0) is 6.54 Å². The van der Waals surface area contributed by atoms with Crippen LogP contribution in [0.2, 0.25) is 0 Å². The molecule has 134 valence electrons. The first kappa shape index (κ1) is 16.4. The third-order valence-electron chi connectivity index (χ3n) is 4.66. The van der Waals surface area contributed by atoms with E-state index in [1.54, 1.807) is 6.92 Å². The number of ether oxygens (including phenoxy) is 1. The minimum atomic E-state index is -0.397. The predicted octanol–water partition coefficient (Wildman–Crippen LogP) is 2.69. The van der Waals surface area contributed by atoms with Crippen molar-refractivity contribution in [1.29, 1.82) is 0 Å². The van der Waals surface area contributed by atoms with Gasteiger partial charge in [-0.25, -0.2) is 4.98 Å². The van der Waals surface area contributed by atoms with Crippen LogP contribution < -0.4 is 15.6 Å². The lowest BCUT2D eigenvalue weighted by molar-refractivity contribution is 0.0948. The molecule has 0 aliphatic heterocycles. The Morgan fingerprint density at radius 2 is 2.19 bits per heavy atom. The number of carbonyl (C=O) groups excluding carboxylic acids is 1. The maximum atomic E-state index is 12.7. The molecule has 0 radical (unpaired) electrons. The number of aromatic nitrogens is 2. The monoisotopic (exact) mass is 353 g/mol. The second kappa shape index (κ2) is 6.67. The van der Waals surface area contributed by atoms with Gasteiger partial charge in [-0.2, -0.15) is 0 Å². The summed E-state index contributed by atoms with van der Waals surface area (Å²) in [5, 5.41) is 3.02. The van der Waals surface area contributed by atoms with E-state index in [1.807, 2.05) is 24.3 Å². The summed E-state index contributed by atoms with van der Waals surface area (Å²) in [6.45, 7) is 1.94. The van der Waals surface area contributed by atoms with E-state index in [0.717, 1.165) is 24.2 Å². The molecule has 2 N–H and O–H groups in total. The van der Waals surface area contributed by atoms with Gasteiger partial charge in [0.15, 0.2) is 0 Å². The van der Waals surface area contributed by atoms with Gasteiger partial charge in [-0.3, -0.25) is 9.59 Å². The Morgan fingerprint density at radius 1 is 1.38 bits per heavy atom. The molecular weight excluding hydrogens is 334 g/mol. The highest BCUT2D eigenvalue weighted by molar-refractivity contribution is 6.06. The average Bonchev–Trinajstić information content (AvgIpc) is 2.94. The van der Waals surface area contributed by atoms with Crippen LogP contribution >= 0.6 is 0 Å². The smallest absolute Gasteiger partial charge is 0.262 e. The summed E-state index contributed by atoms with van der Waals surface area (Å²) >= 11 is 0. The largest absolute Gasteiger partial charge is 0.490 e. The maximum absolute atomic E-state index is 12.7. The van der Waals surface area contributed by atoms with Gasteiger partial charge in [0.2, 0.25) is 5.71 Å². The summed E-state index contributed by atoms with van der Waals surface area (Å²) in [7, 11) is 0. The van der Waals surface area contributed by atoms with Gasteiger partial charge < -0.3 is 19.5 Å². The number of amides is 1. The summed E-state index contributed by atoms with van der Waals surface area (Å²) in [6.07, 6.45) is 4.84. The lowest BCUT2D eigenvalue weighted by atomic mass is 9.96. The van der Waals surface area contributed by atoms with E-state index in [0.29, 0.717) is 12.3 Å². The number of aryl methyl sites for hydroxylation is 1. The number of nitrogens with one attached hydrogen (secondary N) is 2. The standard InChI is InChI=1S/C19H19N3O4/c1-11-15(16-18(24)21-10-22-19(16)25-11)17(23)20-9-12-5-2-3-8-14(12)26-13-6-4-7-13/h2-3,5,8,10,13H,4,6-7,9H2,1H3,(H,20,23)(H,21,22,24). The first-order valence-electron chi connectivity index (χ1n) is 8.63. The number of furan rings is 1. The SMILES string of the molecule is Cc1oc2nc[nH]c(=O)c2c1C(=O)NCc1ccccc1OC1CCC1. The van der Waals surface area contributed by atoms with Crippen LogP contribution in [0.5, 0.6) is 5.75 Å². The van der Waals surface area contributed by atoms with Crippen molar-refractivity contribution in [1.82, 2.24) is 15.3 Å². The van der Waals surface area contributed by atoms with Gasteiger partial charge in [0, 0.05) is 12.1 Å². The molecule has 0 bridgehead atoms. The molecule has 1 saturated carbocycles. The number of aromatic amines is 1. The Bertz CT molecular complexity index is 1020. The molecule has 26 heavy (non-hydrogen) atoms. The van der Waals surface area contributed by atoms with Crippen molar-refractivity contribution in [2.45, 2.75) is 38.8 Å². The minimum Gasteiger partial charge on any atom is -0.490 e. The Labute approximate surface area is 149 Å². The van der Waals surface area contributed by atoms with Crippen LogP contribution in [0.4, 0.5) is 0 Å². The van der Waals surface area contributed by atoms with E-state index in [4.69, 9.17) is 9.15 Å². The van der Waals surface area contributed by atoms with Crippen LogP contribution in [0.25, 0.3) is 11.1 Å². The Morgan fingerprint density at radius 3 is 2.96 bits per heavy atom. The third-order valence-corrected chi connectivity index (χ3v) is 4.66. The number of hydrogen-bond donors (Lipinski definition) is 2. The number of rotatable bonds is 5. The molecule has 0 saturated heterocycles. The van der Waals surface area contributed by atoms with Gasteiger partial charge in [0.1, 0.15) is 16.9 Å². The lowest BCUT2D eigenvalue weighted by Crippen LogP contribution is -2.27. The van der Waals surface area contributed by atoms with Crippen molar-refractivity contribution < 1.29 is 13.9 Å². The second-order valence-electron chi connectivity index (χ2n) is 6.41. The Kier molecular flexibility index (Phi) is 4.20. The van der Waals surface area contributed by atoms with Crippen molar-refractivity contribution in [3.63, 3.8) is 0 Å². The highest BCUT2D eigenvalue weighted by Gasteiger charge is 2.23. The minimum absolute atomic E-state index is 0.158. The molecule has 4 rings (SSSR count). The molecule has 2 aromatic heterocycles. The summed E-state index contributed by atoms with van der Waals surface area (Å²) in [5.41, 5.74) is 0.868. The topological polar surface area (TPSA) is 97.2 Å². The first-order chi connectivity index (χ1) is 12.6. The van der Waals surface area contributed by atoms with Crippen LogP contribution in [0.15, 0.2) is 39.8 Å². The third kappa shape index (κ3) is 2.96. The van der Waals surface area contributed by atoms with Gasteiger partial charge >= 0.3 is 0 Å². The quantitative estimate of drug-likeness (QED) is 0.735. The highest BCUT2D eigenvalue weighted by Crippen LogP contribution is 2.27. The number of carbonyl (C=O) groups is 1. The van der Waals surface area contributed by atoms with E-state index in [1.165, 1.54) is 12.7 Å². The molecular formula is C19H19N3O4. The number of H-pyrrole nitrogens is 1. The van der Waals surface area contributed by atoms with E-state index in [2.05, 4.69) is 15.3 Å². The zero-order valence-corrected chi connectivity index (χ0v) is 14.4. The fourth-order valence-electron chi connectivity index (χ4n) is 3.02. The first-order valence-corrected chi connectivity index (χ1v) is 8.63. The predicted molar refractivity (Wildman–Crippen MR) is 95.2 cm³/mol. The zero-order valence-electron chi connectivity index (χ0n) is 14.4. The van der Waals surface area contributed by atoms with E-state index in [-0.39, 0.29) is 28.7 Å². The Balaban J connectivity index is 1.55. The molecule has 1 fully saturated rings. The summed E-state index contributed by atoms with van der Waals surface area (Å²) in [6, 6.07) is 7.65. The second-order valence-corrected chi connectivity index (χ2v) is 6.41. The number of benzene rings is 1. The number of hydrogen-bond acceptors (Lipinski definition) is 5. The van der Waals surface area contributed by atoms with Crippen LogP contribution in [0, 0.1) is 6.92 Å². The van der Waals surface area contributed by atoms with Gasteiger partial charge in [-0.15, -0.1) is 0 Å². The van der Waals surface area contributed by atoms with Gasteiger partial charge in [0.25, 0.3) is 11.5 Å². The molecule has 3 aromatic rings. The lowest BCUT2D eigenvalue weighted by Gasteiger charge is -2.27. The molecule has 0 spiro atoms. The molecule has 0 unspecified atom stereocenters. The fraction of sp³-hybridized carbons (Fsp3) is 0.316. The van der Waals surface area contributed by atoms with Gasteiger partial charge in [0.05, 0.1) is 18.0 Å². The van der Waals surface area contributed by atoms with Crippen LogP contribution in [0.3, 0.4) is 0 Å². The average molecular weight is 353 g/mol. The summed E-state index contributed by atoms with van der Waals surface area (Å²) < 4.78 is 11.4. The van der Waals surface area contributed by atoms with Crippen LogP contribution in [0.1, 0.15) is 40.9 Å². The van der Waals surface area contributed by atoms with E-state index in [9.17, 15) is 9.59 Å². The molecule has 2 heterocycles. The number of fused-ring (bicyclic) bond motifs is 1. The summed E-state index contributed by atoms with van der Waals surface area (Å²) in [4.78, 5) is 31.2. The molecule has 7 heteroatoms. The number of nitrogens with zero attached hydrogens (tertiary/aromatic N) is 1. The highest BCUT2D eigenvalue weighted by atomic mass is 16.5. The molecule has 7 nitrogen and oxygen atoms in total.